The van der Waals surface area contributed by atoms with Gasteiger partial charge in [-0.25, -0.2) is 4.79 Å². The minimum absolute atomic E-state index is 0.107. The van der Waals surface area contributed by atoms with E-state index >= 15 is 0 Å². The molecule has 0 heterocycles. The maximum Gasteiger partial charge on any atom is 0.337 e. The van der Waals surface area contributed by atoms with E-state index in [2.05, 4.69) is 0 Å². The number of nitrogen functional groups attached to an aromatic ring is 1. The van der Waals surface area contributed by atoms with E-state index < -0.39 is 5.97 Å². The third-order valence-corrected chi connectivity index (χ3v) is 2.86. The number of benzene rings is 1. The van der Waals surface area contributed by atoms with Crippen molar-refractivity contribution >= 4 is 11.7 Å². The highest BCUT2D eigenvalue weighted by Gasteiger charge is 2.17. The van der Waals surface area contributed by atoms with Crippen molar-refractivity contribution in [3.05, 3.63) is 23.8 Å². The van der Waals surface area contributed by atoms with Crippen molar-refractivity contribution in [3.63, 3.8) is 0 Å². The van der Waals surface area contributed by atoms with Crippen molar-refractivity contribution in [1.82, 2.24) is 0 Å². The minimum Gasteiger partial charge on any atom is -0.490 e. The summed E-state index contributed by atoms with van der Waals surface area (Å²) in [6, 6.07) is 4.80. The van der Waals surface area contributed by atoms with Crippen LogP contribution in [0.4, 0.5) is 5.69 Å². The summed E-state index contributed by atoms with van der Waals surface area (Å²) < 4.78 is 5.70. The third-order valence-electron chi connectivity index (χ3n) is 2.86. The third kappa shape index (κ3) is 2.27. The number of carboxylic acid groups (broad SMARTS) is 1. The molecule has 1 aromatic carbocycles. The largest absolute Gasteiger partial charge is 0.490 e. The second-order valence-electron chi connectivity index (χ2n) is 4.08. The molecule has 3 N–H and O–H groups in total. The van der Waals surface area contributed by atoms with E-state index in [4.69, 9.17) is 15.6 Å². The Balaban J connectivity index is 2.15. The van der Waals surface area contributed by atoms with Crippen LogP contribution in [-0.4, -0.2) is 17.2 Å². The Morgan fingerprint density at radius 2 is 2.06 bits per heavy atom. The first kappa shape index (κ1) is 10.8. The molecule has 4 nitrogen and oxygen atoms in total. The molecule has 16 heavy (non-hydrogen) atoms. The average molecular weight is 221 g/mol. The molecule has 0 aromatic heterocycles. The van der Waals surface area contributed by atoms with Gasteiger partial charge >= 0.3 is 5.97 Å². The molecule has 1 saturated carbocycles. The van der Waals surface area contributed by atoms with Gasteiger partial charge in [0.2, 0.25) is 0 Å². The Labute approximate surface area is 94.0 Å². The molecule has 0 aliphatic heterocycles. The van der Waals surface area contributed by atoms with E-state index in [-0.39, 0.29) is 17.4 Å². The summed E-state index contributed by atoms with van der Waals surface area (Å²) in [5, 5.41) is 8.92. The van der Waals surface area contributed by atoms with Gasteiger partial charge in [-0.3, -0.25) is 0 Å². The summed E-state index contributed by atoms with van der Waals surface area (Å²) in [6.45, 7) is 0. The highest BCUT2D eigenvalue weighted by molar-refractivity contribution is 5.94. The number of ether oxygens (including phenoxy) is 1. The Hall–Kier alpha value is -1.71. The minimum atomic E-state index is -1.02. The lowest BCUT2D eigenvalue weighted by Gasteiger charge is -2.13. The first-order valence-electron chi connectivity index (χ1n) is 5.46. The number of rotatable bonds is 3. The molecule has 0 radical (unpaired) electrons. The van der Waals surface area contributed by atoms with E-state index in [1.807, 2.05) is 0 Å². The van der Waals surface area contributed by atoms with Gasteiger partial charge in [-0.05, 0) is 43.9 Å². The van der Waals surface area contributed by atoms with Crippen molar-refractivity contribution in [1.29, 1.82) is 0 Å². The lowest BCUT2D eigenvalue weighted by Crippen LogP contribution is -2.11. The summed E-state index contributed by atoms with van der Waals surface area (Å²) in [6.07, 6.45) is 4.70. The molecule has 0 spiro atoms. The highest BCUT2D eigenvalue weighted by atomic mass is 16.5. The topological polar surface area (TPSA) is 72.5 Å². The lowest BCUT2D eigenvalue weighted by molar-refractivity contribution is 0.0697. The van der Waals surface area contributed by atoms with Crippen LogP contribution < -0.4 is 10.5 Å². The van der Waals surface area contributed by atoms with Gasteiger partial charge in [0.1, 0.15) is 5.75 Å². The molecule has 0 atom stereocenters. The van der Waals surface area contributed by atoms with Crippen molar-refractivity contribution in [3.8, 4) is 5.75 Å². The van der Waals surface area contributed by atoms with Crippen LogP contribution in [0.15, 0.2) is 18.2 Å². The van der Waals surface area contributed by atoms with Crippen LogP contribution in [0.25, 0.3) is 0 Å². The Morgan fingerprint density at radius 1 is 1.38 bits per heavy atom. The summed E-state index contributed by atoms with van der Waals surface area (Å²) >= 11 is 0. The normalized spacial score (nSPS) is 16.2. The van der Waals surface area contributed by atoms with Crippen LogP contribution in [0.2, 0.25) is 0 Å². The number of hydrogen-bond acceptors (Lipinski definition) is 3. The van der Waals surface area contributed by atoms with Gasteiger partial charge in [-0.15, -0.1) is 0 Å². The number of aromatic carboxylic acids is 1. The van der Waals surface area contributed by atoms with Gasteiger partial charge in [-0.2, -0.15) is 0 Å². The quantitative estimate of drug-likeness (QED) is 0.768. The number of anilines is 1. The van der Waals surface area contributed by atoms with E-state index in [1.54, 1.807) is 12.1 Å². The van der Waals surface area contributed by atoms with Crippen LogP contribution in [0.3, 0.4) is 0 Å². The van der Waals surface area contributed by atoms with E-state index in [1.165, 1.54) is 18.9 Å². The Kier molecular flexibility index (Phi) is 2.99. The zero-order chi connectivity index (χ0) is 11.5. The van der Waals surface area contributed by atoms with Crippen LogP contribution in [0, 0.1) is 0 Å². The number of carbonyl (C=O) groups is 1. The molecule has 0 saturated heterocycles. The van der Waals surface area contributed by atoms with Gasteiger partial charge in [0, 0.05) is 5.69 Å². The fourth-order valence-electron chi connectivity index (χ4n) is 1.99. The Bertz CT molecular complexity index is 397. The monoisotopic (exact) mass is 221 g/mol. The van der Waals surface area contributed by atoms with Gasteiger partial charge in [-0.1, -0.05) is 0 Å². The molecule has 0 bridgehead atoms. The van der Waals surface area contributed by atoms with Crippen LogP contribution >= 0.6 is 0 Å². The maximum atomic E-state index is 10.9. The SMILES string of the molecule is Nc1ccc(OC2CCCC2)cc1C(=O)O. The first-order chi connectivity index (χ1) is 7.66. The maximum absolute atomic E-state index is 10.9. The summed E-state index contributed by atoms with van der Waals surface area (Å²) in [7, 11) is 0. The predicted octanol–water partition coefficient (Wildman–Crippen LogP) is 2.29. The summed E-state index contributed by atoms with van der Waals surface area (Å²) in [5.41, 5.74) is 5.94. The first-order valence-corrected chi connectivity index (χ1v) is 5.46. The zero-order valence-corrected chi connectivity index (χ0v) is 8.98. The standard InChI is InChI=1S/C12H15NO3/c13-11-6-5-9(7-10(11)12(14)15)16-8-3-1-2-4-8/h5-8H,1-4,13H2,(H,14,15). The van der Waals surface area contributed by atoms with Crippen molar-refractivity contribution in [2.45, 2.75) is 31.8 Å². The average Bonchev–Trinajstić information content (AvgIpc) is 2.73. The number of hydrogen-bond donors (Lipinski definition) is 2. The van der Waals surface area contributed by atoms with E-state index in [0.29, 0.717) is 5.75 Å². The number of nitrogens with two attached hydrogens (primary N) is 1. The van der Waals surface area contributed by atoms with Gasteiger partial charge in [0.25, 0.3) is 0 Å². The molecule has 1 fully saturated rings. The van der Waals surface area contributed by atoms with Gasteiger partial charge < -0.3 is 15.6 Å². The van der Waals surface area contributed by atoms with E-state index in [0.717, 1.165) is 12.8 Å². The number of carboxylic acids is 1. The van der Waals surface area contributed by atoms with Gasteiger partial charge in [0.15, 0.2) is 0 Å². The van der Waals surface area contributed by atoms with Crippen LogP contribution in [0.1, 0.15) is 36.0 Å². The van der Waals surface area contributed by atoms with Crippen molar-refractivity contribution in [2.24, 2.45) is 0 Å². The van der Waals surface area contributed by atoms with Crippen LogP contribution in [-0.2, 0) is 0 Å². The molecule has 1 aliphatic carbocycles. The highest BCUT2D eigenvalue weighted by Crippen LogP contribution is 2.26. The smallest absolute Gasteiger partial charge is 0.337 e. The predicted molar refractivity (Wildman–Crippen MR) is 60.7 cm³/mol. The molecular formula is C12H15NO3. The molecule has 86 valence electrons. The van der Waals surface area contributed by atoms with Crippen molar-refractivity contribution < 1.29 is 14.6 Å². The second-order valence-corrected chi connectivity index (χ2v) is 4.08. The molecule has 1 aliphatic rings. The second kappa shape index (κ2) is 4.43. The summed E-state index contributed by atoms with van der Waals surface area (Å²) in [5.74, 6) is -0.423. The zero-order valence-electron chi connectivity index (χ0n) is 8.98. The molecule has 4 heteroatoms. The fraction of sp³-hybridized carbons (Fsp3) is 0.417. The molecule has 0 unspecified atom stereocenters. The van der Waals surface area contributed by atoms with E-state index in [9.17, 15) is 4.79 Å². The molecule has 2 rings (SSSR count). The van der Waals surface area contributed by atoms with Crippen LogP contribution in [0.5, 0.6) is 5.75 Å². The fourth-order valence-corrected chi connectivity index (χ4v) is 1.99. The molecule has 0 amide bonds. The lowest BCUT2D eigenvalue weighted by atomic mass is 10.1. The van der Waals surface area contributed by atoms with Crippen molar-refractivity contribution in [2.75, 3.05) is 5.73 Å². The van der Waals surface area contributed by atoms with Gasteiger partial charge in [0.05, 0.1) is 11.7 Å². The molecular weight excluding hydrogens is 206 g/mol. The summed E-state index contributed by atoms with van der Waals surface area (Å²) in [4.78, 5) is 10.9. The Morgan fingerprint density at radius 3 is 2.69 bits per heavy atom. The molecule has 1 aromatic rings.